The standard InChI is InChI=1S/C39H48Cl3N3O5/c1-25-19-34(41)37(35(42)20-25)49-18-17-48-30-10-6-27(7-11-30)31-14-15-43-22-32(31)38(47)45(29-8-9-29)23-28-21-26(5-12-33(28)40)13-16-44-36(46)24-50-39(2,3)4/h5-7,10-12,19-21,29,31-32,43H,8-9,13-18,22-24H2,1-4H3,(H,44,46)/t31-,32+/m1/s1. The molecule has 11 heteroatoms. The molecule has 2 atom stereocenters. The molecule has 270 valence electrons. The fourth-order valence-corrected chi connectivity index (χ4v) is 7.09. The first-order chi connectivity index (χ1) is 23.9. The van der Waals surface area contributed by atoms with E-state index in [0.29, 0.717) is 60.1 Å². The zero-order valence-electron chi connectivity index (χ0n) is 29.3. The normalized spacial score (nSPS) is 17.7. The van der Waals surface area contributed by atoms with Crippen molar-refractivity contribution in [2.45, 2.75) is 77.5 Å². The predicted molar refractivity (Wildman–Crippen MR) is 200 cm³/mol. The number of nitrogens with zero attached hydrogens (tertiary/aromatic N) is 1. The van der Waals surface area contributed by atoms with Crippen molar-refractivity contribution in [2.24, 2.45) is 5.92 Å². The molecular formula is C39H48Cl3N3O5. The van der Waals surface area contributed by atoms with E-state index in [4.69, 9.17) is 49.0 Å². The third-order valence-electron chi connectivity index (χ3n) is 8.94. The van der Waals surface area contributed by atoms with Crippen LogP contribution in [0.25, 0.3) is 0 Å². The number of hydrogen-bond acceptors (Lipinski definition) is 6. The van der Waals surface area contributed by atoms with Gasteiger partial charge >= 0.3 is 0 Å². The fraction of sp³-hybridized carbons (Fsp3) is 0.487. The van der Waals surface area contributed by atoms with E-state index in [2.05, 4.69) is 28.8 Å². The van der Waals surface area contributed by atoms with Crippen LogP contribution >= 0.6 is 34.8 Å². The highest BCUT2D eigenvalue weighted by Gasteiger charge is 2.40. The molecule has 0 spiro atoms. The molecule has 0 aromatic heterocycles. The minimum atomic E-state index is -0.369. The van der Waals surface area contributed by atoms with Gasteiger partial charge in [-0.15, -0.1) is 0 Å². The molecule has 2 amide bonds. The van der Waals surface area contributed by atoms with Gasteiger partial charge in [-0.2, -0.15) is 0 Å². The Kier molecular flexibility index (Phi) is 13.4. The van der Waals surface area contributed by atoms with Crippen molar-refractivity contribution in [3.05, 3.63) is 91.9 Å². The molecule has 8 nitrogen and oxygen atoms in total. The summed E-state index contributed by atoms with van der Waals surface area (Å²) < 4.78 is 17.3. The largest absolute Gasteiger partial charge is 0.490 e. The van der Waals surface area contributed by atoms with Gasteiger partial charge in [0.2, 0.25) is 11.8 Å². The van der Waals surface area contributed by atoms with Crippen LogP contribution in [0, 0.1) is 12.8 Å². The van der Waals surface area contributed by atoms with Crippen LogP contribution in [0.3, 0.4) is 0 Å². The van der Waals surface area contributed by atoms with Gasteiger partial charge in [0, 0.05) is 30.7 Å². The molecule has 2 fully saturated rings. The zero-order valence-corrected chi connectivity index (χ0v) is 31.6. The van der Waals surface area contributed by atoms with Gasteiger partial charge in [0.1, 0.15) is 25.6 Å². The number of carbonyl (C=O) groups excluding carboxylic acids is 2. The number of piperidine rings is 1. The Bertz CT molecular complexity index is 1600. The molecule has 1 heterocycles. The van der Waals surface area contributed by atoms with E-state index >= 15 is 0 Å². The van der Waals surface area contributed by atoms with Crippen LogP contribution in [0.5, 0.6) is 11.5 Å². The fourth-order valence-electron chi connectivity index (χ4n) is 6.21. The summed E-state index contributed by atoms with van der Waals surface area (Å²) in [6, 6.07) is 17.8. The molecule has 0 bridgehead atoms. The molecule has 5 rings (SSSR count). The molecule has 1 saturated carbocycles. The summed E-state index contributed by atoms with van der Waals surface area (Å²) >= 11 is 19.3. The maximum Gasteiger partial charge on any atom is 0.246 e. The van der Waals surface area contributed by atoms with Gasteiger partial charge in [-0.25, -0.2) is 0 Å². The van der Waals surface area contributed by atoms with E-state index in [1.165, 1.54) is 0 Å². The van der Waals surface area contributed by atoms with Gasteiger partial charge in [0.05, 0.1) is 21.6 Å². The number of rotatable bonds is 15. The number of carbonyl (C=O) groups is 2. The van der Waals surface area contributed by atoms with Crippen LogP contribution in [-0.4, -0.2) is 67.8 Å². The van der Waals surface area contributed by atoms with Crippen LogP contribution in [0.15, 0.2) is 54.6 Å². The van der Waals surface area contributed by atoms with Gasteiger partial charge in [0.15, 0.2) is 5.75 Å². The van der Waals surface area contributed by atoms with Crippen LogP contribution in [0.1, 0.15) is 68.2 Å². The smallest absolute Gasteiger partial charge is 0.246 e. The molecule has 2 aliphatic rings. The summed E-state index contributed by atoms with van der Waals surface area (Å²) in [5.74, 6) is 1.09. The second-order valence-electron chi connectivity index (χ2n) is 14.2. The molecular weight excluding hydrogens is 697 g/mol. The van der Waals surface area contributed by atoms with E-state index < -0.39 is 0 Å². The van der Waals surface area contributed by atoms with E-state index in [0.717, 1.165) is 53.8 Å². The number of nitrogens with one attached hydrogen (secondary N) is 2. The van der Waals surface area contributed by atoms with Gasteiger partial charge in [-0.3, -0.25) is 9.59 Å². The van der Waals surface area contributed by atoms with Gasteiger partial charge < -0.3 is 29.7 Å². The topological polar surface area (TPSA) is 89.1 Å². The lowest BCUT2D eigenvalue weighted by atomic mass is 9.80. The molecule has 1 saturated heterocycles. The maximum atomic E-state index is 14.3. The number of ether oxygens (including phenoxy) is 3. The Balaban J connectivity index is 1.17. The van der Waals surface area contributed by atoms with Crippen molar-refractivity contribution in [1.29, 1.82) is 0 Å². The first-order valence-electron chi connectivity index (χ1n) is 17.4. The molecule has 3 aromatic rings. The SMILES string of the molecule is Cc1cc(Cl)c(OCCOc2ccc([C@H]3CCNC[C@@H]3C(=O)N(Cc3cc(CCNC(=O)COC(C)(C)C)ccc3Cl)C3CC3)cc2)c(Cl)c1. The average molecular weight is 745 g/mol. The summed E-state index contributed by atoms with van der Waals surface area (Å²) in [6.07, 6.45) is 3.51. The van der Waals surface area contributed by atoms with E-state index in [-0.39, 0.29) is 41.9 Å². The van der Waals surface area contributed by atoms with Crippen molar-refractivity contribution < 1.29 is 23.8 Å². The first-order valence-corrected chi connectivity index (χ1v) is 18.5. The highest BCUT2D eigenvalue weighted by atomic mass is 35.5. The quantitative estimate of drug-likeness (QED) is 0.155. The minimum absolute atomic E-state index is 0.0271. The Hall–Kier alpha value is -3.01. The predicted octanol–water partition coefficient (Wildman–Crippen LogP) is 7.77. The van der Waals surface area contributed by atoms with Crippen molar-refractivity contribution in [1.82, 2.24) is 15.5 Å². The van der Waals surface area contributed by atoms with Crippen molar-refractivity contribution in [2.75, 3.05) is 39.5 Å². The summed E-state index contributed by atoms with van der Waals surface area (Å²) in [5.41, 5.74) is 3.70. The Morgan fingerprint density at radius 3 is 2.30 bits per heavy atom. The molecule has 1 aliphatic heterocycles. The van der Waals surface area contributed by atoms with Crippen LogP contribution in [0.4, 0.5) is 0 Å². The van der Waals surface area contributed by atoms with Crippen molar-refractivity contribution in [3.63, 3.8) is 0 Å². The highest BCUT2D eigenvalue weighted by Crippen LogP contribution is 2.38. The zero-order chi connectivity index (χ0) is 35.8. The number of aryl methyl sites for hydroxylation is 1. The minimum Gasteiger partial charge on any atom is -0.490 e. The van der Waals surface area contributed by atoms with Gasteiger partial charge in [-0.1, -0.05) is 59.1 Å². The van der Waals surface area contributed by atoms with Crippen molar-refractivity contribution >= 4 is 46.6 Å². The second kappa shape index (κ2) is 17.5. The number of amides is 2. The van der Waals surface area contributed by atoms with Crippen LogP contribution in [-0.2, 0) is 27.3 Å². The molecule has 0 radical (unpaired) electrons. The Morgan fingerprint density at radius 2 is 1.62 bits per heavy atom. The molecule has 3 aromatic carbocycles. The summed E-state index contributed by atoms with van der Waals surface area (Å²) in [5, 5.41) is 7.97. The second-order valence-corrected chi connectivity index (χ2v) is 15.4. The van der Waals surface area contributed by atoms with E-state index in [1.54, 1.807) is 0 Å². The monoisotopic (exact) mass is 743 g/mol. The summed E-state index contributed by atoms with van der Waals surface area (Å²) in [4.78, 5) is 28.5. The molecule has 50 heavy (non-hydrogen) atoms. The third-order valence-corrected chi connectivity index (χ3v) is 9.87. The number of benzene rings is 3. The Morgan fingerprint density at radius 1 is 0.920 bits per heavy atom. The summed E-state index contributed by atoms with van der Waals surface area (Å²) in [6.45, 7) is 10.8. The lowest BCUT2D eigenvalue weighted by Gasteiger charge is -2.36. The lowest BCUT2D eigenvalue weighted by Crippen LogP contribution is -2.47. The average Bonchev–Trinajstić information content (AvgIpc) is 3.92. The van der Waals surface area contributed by atoms with E-state index in [1.807, 2.05) is 69.0 Å². The van der Waals surface area contributed by atoms with Crippen molar-refractivity contribution in [3.8, 4) is 11.5 Å². The molecule has 0 unspecified atom stereocenters. The van der Waals surface area contributed by atoms with Crippen LogP contribution < -0.4 is 20.1 Å². The number of hydrogen-bond donors (Lipinski definition) is 2. The number of halogens is 3. The first kappa shape index (κ1) is 38.2. The molecule has 2 N–H and O–H groups in total. The van der Waals surface area contributed by atoms with E-state index in [9.17, 15) is 9.59 Å². The molecule has 1 aliphatic carbocycles. The van der Waals surface area contributed by atoms with Crippen LogP contribution in [0.2, 0.25) is 15.1 Å². The van der Waals surface area contributed by atoms with Gasteiger partial charge in [0.25, 0.3) is 0 Å². The lowest BCUT2D eigenvalue weighted by molar-refractivity contribution is -0.138. The summed E-state index contributed by atoms with van der Waals surface area (Å²) in [7, 11) is 0. The van der Waals surface area contributed by atoms with Gasteiger partial charge in [-0.05, 0) is 118 Å². The maximum absolute atomic E-state index is 14.3. The highest BCUT2D eigenvalue weighted by molar-refractivity contribution is 6.37. The third kappa shape index (κ3) is 11.0. The Labute approximate surface area is 311 Å².